The lowest BCUT2D eigenvalue weighted by Crippen LogP contribution is -2.47. The average molecular weight is 281 g/mol. The van der Waals surface area contributed by atoms with Gasteiger partial charge in [-0.2, -0.15) is 0 Å². The van der Waals surface area contributed by atoms with Crippen molar-refractivity contribution in [2.45, 2.75) is 58.9 Å². The molecule has 0 radical (unpaired) electrons. The molecule has 2 N–H and O–H groups in total. The first-order chi connectivity index (χ1) is 9.65. The molecule has 2 rings (SSSR count). The highest BCUT2D eigenvalue weighted by Crippen LogP contribution is 2.27. The van der Waals surface area contributed by atoms with E-state index >= 15 is 0 Å². The van der Waals surface area contributed by atoms with Crippen molar-refractivity contribution in [1.82, 2.24) is 10.6 Å². The molecule has 1 aliphatic carbocycles. The first-order valence-corrected chi connectivity index (χ1v) is 8.28. The summed E-state index contributed by atoms with van der Waals surface area (Å²) in [5.41, 5.74) is 0.251. The second-order valence-electron chi connectivity index (χ2n) is 6.78. The zero-order chi connectivity index (χ0) is 14.4. The molecular weight excluding hydrogens is 250 g/mol. The van der Waals surface area contributed by atoms with Crippen LogP contribution in [0.4, 0.5) is 0 Å². The molecule has 4 nitrogen and oxygen atoms in total. The quantitative estimate of drug-likeness (QED) is 0.601. The van der Waals surface area contributed by atoms with Crippen LogP contribution in [-0.4, -0.2) is 38.3 Å². The maximum atomic E-state index is 5.30. The predicted molar refractivity (Wildman–Crippen MR) is 84.1 cm³/mol. The van der Waals surface area contributed by atoms with Crippen LogP contribution in [0.3, 0.4) is 0 Å². The number of aliphatic imine (C=N–C) groups is 1. The third-order valence-corrected chi connectivity index (χ3v) is 4.57. The topological polar surface area (TPSA) is 45.7 Å². The molecule has 1 saturated carbocycles. The molecule has 20 heavy (non-hydrogen) atoms. The molecule has 1 aliphatic heterocycles. The molecule has 0 bridgehead atoms. The van der Waals surface area contributed by atoms with Gasteiger partial charge in [-0.1, -0.05) is 33.1 Å². The number of nitrogens with one attached hydrogen (secondary N) is 2. The average Bonchev–Trinajstić information content (AvgIpc) is 2.43. The summed E-state index contributed by atoms with van der Waals surface area (Å²) in [7, 11) is 0. The minimum Gasteiger partial charge on any atom is -0.380 e. The van der Waals surface area contributed by atoms with Crippen LogP contribution in [-0.2, 0) is 4.74 Å². The summed E-state index contributed by atoms with van der Waals surface area (Å²) in [5.74, 6) is 1.88. The highest BCUT2D eigenvalue weighted by Gasteiger charge is 2.33. The van der Waals surface area contributed by atoms with E-state index in [9.17, 15) is 0 Å². The second kappa shape index (κ2) is 7.30. The molecule has 2 atom stereocenters. The van der Waals surface area contributed by atoms with Crippen molar-refractivity contribution in [2.24, 2.45) is 16.3 Å². The Hall–Kier alpha value is -0.770. The largest absolute Gasteiger partial charge is 0.380 e. The zero-order valence-corrected chi connectivity index (χ0v) is 13.4. The fourth-order valence-electron chi connectivity index (χ4n) is 3.12. The molecular formula is C16H31N3O. The Kier molecular flexibility index (Phi) is 5.70. The predicted octanol–water partition coefficient (Wildman–Crippen LogP) is 2.55. The summed E-state index contributed by atoms with van der Waals surface area (Å²) in [6, 6.07) is 0.594. The fourth-order valence-corrected chi connectivity index (χ4v) is 3.12. The molecule has 2 aliphatic rings. The number of guanidine groups is 1. The van der Waals surface area contributed by atoms with Gasteiger partial charge >= 0.3 is 0 Å². The Morgan fingerprint density at radius 1 is 1.30 bits per heavy atom. The summed E-state index contributed by atoms with van der Waals surface area (Å²) >= 11 is 0. The molecule has 116 valence electrons. The molecule has 1 heterocycles. The van der Waals surface area contributed by atoms with Gasteiger partial charge in [-0.05, 0) is 25.7 Å². The van der Waals surface area contributed by atoms with Crippen LogP contribution in [0.15, 0.2) is 4.99 Å². The molecule has 0 aromatic heterocycles. The summed E-state index contributed by atoms with van der Waals surface area (Å²) in [6.45, 7) is 10.1. The Morgan fingerprint density at radius 3 is 2.70 bits per heavy atom. The van der Waals surface area contributed by atoms with Crippen LogP contribution in [0, 0.1) is 11.3 Å². The zero-order valence-electron chi connectivity index (χ0n) is 13.4. The Bertz CT molecular complexity index is 326. The standard InChI is InChI=1S/C16H31N3O/c1-4-13-7-6-8-14(9-13)19-15(17-5-2)18-10-16(3)11-20-12-16/h13-14H,4-12H2,1-3H3,(H2,17,18,19). The first kappa shape index (κ1) is 15.6. The van der Waals surface area contributed by atoms with Crippen LogP contribution in [0.25, 0.3) is 0 Å². The maximum absolute atomic E-state index is 5.30. The van der Waals surface area contributed by atoms with E-state index in [2.05, 4.69) is 31.4 Å². The summed E-state index contributed by atoms with van der Waals surface area (Å²) in [4.78, 5) is 4.77. The van der Waals surface area contributed by atoms with Crippen LogP contribution in [0.5, 0.6) is 0 Å². The van der Waals surface area contributed by atoms with Crippen molar-refractivity contribution >= 4 is 5.96 Å². The van der Waals surface area contributed by atoms with E-state index in [0.717, 1.165) is 38.2 Å². The van der Waals surface area contributed by atoms with Crippen molar-refractivity contribution < 1.29 is 4.74 Å². The van der Waals surface area contributed by atoms with Crippen LogP contribution < -0.4 is 10.6 Å². The van der Waals surface area contributed by atoms with Gasteiger partial charge in [0.15, 0.2) is 5.96 Å². The Labute approximate surface area is 123 Å². The first-order valence-electron chi connectivity index (χ1n) is 8.28. The lowest BCUT2D eigenvalue weighted by atomic mass is 9.84. The third-order valence-electron chi connectivity index (χ3n) is 4.57. The number of ether oxygens (including phenoxy) is 1. The molecule has 0 aromatic carbocycles. The van der Waals surface area contributed by atoms with Gasteiger partial charge in [-0.15, -0.1) is 0 Å². The fraction of sp³-hybridized carbons (Fsp3) is 0.938. The van der Waals surface area contributed by atoms with Crippen LogP contribution in [0.1, 0.15) is 52.9 Å². The lowest BCUT2D eigenvalue weighted by molar-refractivity contribution is -0.0945. The SMILES string of the molecule is CCNC(=NCC1(C)COC1)NC1CCCC(CC)C1. The molecule has 2 fully saturated rings. The van der Waals surface area contributed by atoms with Crippen molar-refractivity contribution in [3.63, 3.8) is 0 Å². The number of hydrogen-bond donors (Lipinski definition) is 2. The minimum atomic E-state index is 0.251. The van der Waals surface area contributed by atoms with Crippen molar-refractivity contribution in [3.8, 4) is 0 Å². The normalized spacial score (nSPS) is 29.6. The van der Waals surface area contributed by atoms with E-state index < -0.39 is 0 Å². The van der Waals surface area contributed by atoms with Crippen molar-refractivity contribution in [2.75, 3.05) is 26.3 Å². The number of hydrogen-bond acceptors (Lipinski definition) is 2. The molecule has 0 amide bonds. The van der Waals surface area contributed by atoms with Crippen LogP contribution >= 0.6 is 0 Å². The van der Waals surface area contributed by atoms with Gasteiger partial charge in [0, 0.05) is 18.0 Å². The third kappa shape index (κ3) is 4.37. The molecule has 0 aromatic rings. The summed E-state index contributed by atoms with van der Waals surface area (Å²) in [5, 5.41) is 7.02. The number of rotatable bonds is 5. The monoisotopic (exact) mass is 281 g/mol. The van der Waals surface area contributed by atoms with E-state index in [0.29, 0.717) is 6.04 Å². The Morgan fingerprint density at radius 2 is 2.10 bits per heavy atom. The van der Waals surface area contributed by atoms with E-state index in [1.54, 1.807) is 0 Å². The molecule has 2 unspecified atom stereocenters. The van der Waals surface area contributed by atoms with Crippen molar-refractivity contribution in [1.29, 1.82) is 0 Å². The van der Waals surface area contributed by atoms with E-state index in [4.69, 9.17) is 9.73 Å². The van der Waals surface area contributed by atoms with Crippen LogP contribution in [0.2, 0.25) is 0 Å². The van der Waals surface area contributed by atoms with E-state index in [1.807, 2.05) is 0 Å². The smallest absolute Gasteiger partial charge is 0.191 e. The molecule has 0 spiro atoms. The second-order valence-corrected chi connectivity index (χ2v) is 6.78. The van der Waals surface area contributed by atoms with Gasteiger partial charge in [0.05, 0.1) is 19.8 Å². The highest BCUT2D eigenvalue weighted by molar-refractivity contribution is 5.80. The maximum Gasteiger partial charge on any atom is 0.191 e. The van der Waals surface area contributed by atoms with Gasteiger partial charge in [0.2, 0.25) is 0 Å². The van der Waals surface area contributed by atoms with Gasteiger partial charge in [-0.3, -0.25) is 4.99 Å². The van der Waals surface area contributed by atoms with Gasteiger partial charge < -0.3 is 15.4 Å². The van der Waals surface area contributed by atoms with Gasteiger partial charge in [0.1, 0.15) is 0 Å². The van der Waals surface area contributed by atoms with E-state index in [-0.39, 0.29) is 5.41 Å². The highest BCUT2D eigenvalue weighted by atomic mass is 16.5. The van der Waals surface area contributed by atoms with E-state index in [1.165, 1.54) is 32.1 Å². The molecule has 4 heteroatoms. The summed E-state index contributed by atoms with van der Waals surface area (Å²) in [6.07, 6.45) is 6.63. The minimum absolute atomic E-state index is 0.251. The Balaban J connectivity index is 1.85. The van der Waals surface area contributed by atoms with Gasteiger partial charge in [-0.25, -0.2) is 0 Å². The molecule has 1 saturated heterocycles. The number of nitrogens with zero attached hydrogens (tertiary/aromatic N) is 1. The van der Waals surface area contributed by atoms with Crippen molar-refractivity contribution in [3.05, 3.63) is 0 Å². The summed E-state index contributed by atoms with van der Waals surface area (Å²) < 4.78 is 5.30. The van der Waals surface area contributed by atoms with Gasteiger partial charge in [0.25, 0.3) is 0 Å². The lowest BCUT2D eigenvalue weighted by Gasteiger charge is -2.37.